The zero-order valence-electron chi connectivity index (χ0n) is 44.2. The lowest BCUT2D eigenvalue weighted by Gasteiger charge is -2.30. The molecular weight excluding hydrogens is 981 g/mol. The van der Waals surface area contributed by atoms with E-state index in [1.54, 1.807) is 0 Å². The fraction of sp³-hybridized carbons (Fsp3) is 0.333. The van der Waals surface area contributed by atoms with Gasteiger partial charge in [0.05, 0.1) is 0 Å². The highest BCUT2D eigenvalue weighted by atomic mass is 16.7. The molecule has 8 aliphatic rings. The van der Waals surface area contributed by atoms with Gasteiger partial charge in [-0.3, -0.25) is 0 Å². The Balaban J connectivity index is 0.945. The Kier molecular flexibility index (Phi) is 10.4. The summed E-state index contributed by atoms with van der Waals surface area (Å²) in [5.74, 6) is 10.4. The molecule has 14 nitrogen and oxygen atoms in total. The average molecular weight is 1040 g/mol. The van der Waals surface area contributed by atoms with Gasteiger partial charge >= 0.3 is 0 Å². The molecule has 7 aromatic rings. The average Bonchev–Trinajstić information content (AvgIpc) is 3.45. The first kappa shape index (κ1) is 46.1. The molecule has 0 radical (unpaired) electrons. The summed E-state index contributed by atoms with van der Waals surface area (Å²) in [6.07, 6.45) is 3.84. The lowest BCUT2D eigenvalue weighted by atomic mass is 9.87. The van der Waals surface area contributed by atoms with Crippen molar-refractivity contribution in [2.75, 3.05) is 47.6 Å². The van der Waals surface area contributed by atoms with Gasteiger partial charge in [0.25, 0.3) is 0 Å². The molecule has 0 aromatic heterocycles. The van der Waals surface area contributed by atoms with Crippen LogP contribution in [0, 0.1) is 48.5 Å². The highest BCUT2D eigenvalue weighted by molar-refractivity contribution is 5.68. The molecule has 0 saturated heterocycles. The Labute approximate surface area is 445 Å². The Morgan fingerprint density at radius 1 is 0.169 bits per heavy atom. The van der Waals surface area contributed by atoms with E-state index in [0.717, 1.165) is 197 Å². The summed E-state index contributed by atoms with van der Waals surface area (Å²) in [5, 5.41) is 0. The number of benzene rings is 7. The van der Waals surface area contributed by atoms with Crippen molar-refractivity contribution in [1.82, 2.24) is 0 Å². The number of rotatable bonds is 0. The van der Waals surface area contributed by atoms with Gasteiger partial charge in [0, 0.05) is 83.9 Å². The van der Waals surface area contributed by atoms with Gasteiger partial charge in [-0.2, -0.15) is 0 Å². The van der Waals surface area contributed by atoms with E-state index in [-0.39, 0.29) is 47.6 Å². The summed E-state index contributed by atoms with van der Waals surface area (Å²) in [7, 11) is 0. The van der Waals surface area contributed by atoms with Gasteiger partial charge < -0.3 is 66.3 Å². The summed E-state index contributed by atoms with van der Waals surface area (Å²) in [6.45, 7) is 14.4. The van der Waals surface area contributed by atoms with E-state index >= 15 is 0 Å². The summed E-state index contributed by atoms with van der Waals surface area (Å²) in [4.78, 5) is 0. The topological polar surface area (TPSA) is 129 Å². The molecular formula is C63H56O14. The molecule has 0 unspecified atom stereocenters. The largest absolute Gasteiger partial charge is 0.457 e. The van der Waals surface area contributed by atoms with Gasteiger partial charge in [0.15, 0.2) is 0 Å². The van der Waals surface area contributed by atoms with Crippen LogP contribution in [0.2, 0.25) is 0 Å². The van der Waals surface area contributed by atoms with E-state index in [1.165, 1.54) is 0 Å². The predicted molar refractivity (Wildman–Crippen MR) is 281 cm³/mol. The van der Waals surface area contributed by atoms with Crippen molar-refractivity contribution in [1.29, 1.82) is 0 Å². The molecule has 15 rings (SSSR count). The van der Waals surface area contributed by atoms with Crippen LogP contribution in [-0.4, -0.2) is 47.6 Å². The van der Waals surface area contributed by atoms with E-state index in [2.05, 4.69) is 90.9 Å². The molecule has 0 atom stereocenters. The SMILES string of the molecule is Cc1c2c3cc4c1OCOc1c(cc5c(c1C)OCOc1c(cc6c(c1C)OCOc1c(cc7c(c1C)OCOc1c(cc8c(c1C)OCOc1c(cc9c(c1C)OCOc1c(cc(c(c1C)OCO2)C3)C9)C8)C7)C6)C5)C4. The van der Waals surface area contributed by atoms with Gasteiger partial charge in [-0.15, -0.1) is 0 Å². The standard InChI is InChI=1S/C63H56O14/c1-29-50-36-8-37-16-39-10-41-18-43-12-45-20-47-14-49-21-48-13-46-19-44-11-42-17-40-9-38(15-36)52(66-22-64-50)30(2)54(40)68-24-70-56(42)32(4)58(44)72-26-74-60(46)34(6)62(48)76-28-77-63(49)35(7)61(47)75-27-73-59(45)33(5)57(43)71-25-69-55(41)31(3)53(39)67-23-65-51(29)37/h8-14H,15-28H2,1-7H3. The van der Waals surface area contributed by atoms with Crippen LogP contribution in [0.3, 0.4) is 0 Å². The second kappa shape index (κ2) is 17.4. The second-order valence-corrected chi connectivity index (χ2v) is 21.4. The fourth-order valence-electron chi connectivity index (χ4n) is 13.6. The Hall–Kier alpha value is -8.26. The van der Waals surface area contributed by atoms with Gasteiger partial charge in [0.2, 0.25) is 47.6 Å². The van der Waals surface area contributed by atoms with Crippen molar-refractivity contribution in [2.24, 2.45) is 0 Å². The monoisotopic (exact) mass is 1040 g/mol. The predicted octanol–water partition coefficient (Wildman–Crippen LogP) is 11.4. The van der Waals surface area contributed by atoms with Crippen molar-refractivity contribution in [3.05, 3.63) is 159 Å². The Morgan fingerprint density at radius 3 is 0.351 bits per heavy atom. The Bertz CT molecular complexity index is 2880. The quantitative estimate of drug-likeness (QED) is 0.143. The third kappa shape index (κ3) is 7.19. The van der Waals surface area contributed by atoms with E-state index < -0.39 is 0 Å². The molecule has 0 N–H and O–H groups in total. The molecule has 0 amide bonds. The summed E-state index contributed by atoms with van der Waals surface area (Å²) in [6, 6.07) is 15.7. The maximum absolute atomic E-state index is 6.52. The summed E-state index contributed by atoms with van der Waals surface area (Å²) >= 11 is 0. The molecule has 0 saturated carbocycles. The first-order valence-corrected chi connectivity index (χ1v) is 26.4. The fourth-order valence-corrected chi connectivity index (χ4v) is 13.6. The third-order valence-corrected chi connectivity index (χ3v) is 16.8. The third-order valence-electron chi connectivity index (χ3n) is 16.8. The number of hydrogen-bond donors (Lipinski definition) is 0. The molecule has 77 heavy (non-hydrogen) atoms. The molecule has 1 aliphatic carbocycles. The normalized spacial score (nSPS) is 16.5. The number of hydrogen-bond acceptors (Lipinski definition) is 14. The molecule has 0 spiro atoms. The lowest BCUT2D eigenvalue weighted by Crippen LogP contribution is -2.21. The lowest BCUT2D eigenvalue weighted by molar-refractivity contribution is 0.0983. The van der Waals surface area contributed by atoms with Crippen LogP contribution in [0.4, 0.5) is 0 Å². The van der Waals surface area contributed by atoms with E-state index in [4.69, 9.17) is 66.3 Å². The summed E-state index contributed by atoms with van der Waals surface area (Å²) in [5.41, 5.74) is 20.8. The van der Waals surface area contributed by atoms with Crippen molar-refractivity contribution < 1.29 is 66.3 Å². The van der Waals surface area contributed by atoms with Gasteiger partial charge in [-0.1, -0.05) is 0 Å². The van der Waals surface area contributed by atoms with Crippen LogP contribution in [0.15, 0.2) is 42.5 Å². The van der Waals surface area contributed by atoms with Crippen LogP contribution < -0.4 is 66.3 Å². The first-order valence-electron chi connectivity index (χ1n) is 26.4. The van der Waals surface area contributed by atoms with Crippen LogP contribution in [0.1, 0.15) is 117 Å². The van der Waals surface area contributed by atoms with Crippen LogP contribution in [0.25, 0.3) is 0 Å². The van der Waals surface area contributed by atoms with Gasteiger partial charge in [-0.05, 0) is 169 Å². The minimum Gasteiger partial charge on any atom is -0.457 e. The number of ether oxygens (including phenoxy) is 14. The maximum atomic E-state index is 6.52. The summed E-state index contributed by atoms with van der Waals surface area (Å²) < 4.78 is 91.3. The minimum atomic E-state index is 0.00396. The zero-order chi connectivity index (χ0) is 52.0. The van der Waals surface area contributed by atoms with Crippen molar-refractivity contribution in [3.63, 3.8) is 0 Å². The van der Waals surface area contributed by atoms with Crippen molar-refractivity contribution >= 4 is 0 Å². The van der Waals surface area contributed by atoms with E-state index in [1.807, 2.05) is 0 Å². The van der Waals surface area contributed by atoms with Crippen molar-refractivity contribution in [3.8, 4) is 80.5 Å². The Morgan fingerprint density at radius 2 is 0.260 bits per heavy atom. The molecule has 7 aliphatic heterocycles. The van der Waals surface area contributed by atoms with Crippen LogP contribution >= 0.6 is 0 Å². The highest BCUT2D eigenvalue weighted by Crippen LogP contribution is 2.51. The van der Waals surface area contributed by atoms with E-state index in [9.17, 15) is 0 Å². The molecule has 7 heterocycles. The van der Waals surface area contributed by atoms with Crippen LogP contribution in [0.5, 0.6) is 80.5 Å². The smallest absolute Gasteiger partial charge is 0.230 e. The molecule has 14 heteroatoms. The van der Waals surface area contributed by atoms with Gasteiger partial charge in [-0.25, -0.2) is 0 Å². The zero-order valence-corrected chi connectivity index (χ0v) is 44.2. The molecule has 0 fully saturated rings. The first-order chi connectivity index (χ1) is 37.5. The minimum absolute atomic E-state index is 0.00396. The van der Waals surface area contributed by atoms with E-state index in [0.29, 0.717) is 44.9 Å². The molecule has 7 aromatic carbocycles. The van der Waals surface area contributed by atoms with Crippen LogP contribution in [-0.2, 0) is 44.9 Å². The second-order valence-electron chi connectivity index (χ2n) is 21.4. The molecule has 14 bridgehead atoms. The molecule has 392 valence electrons. The highest BCUT2D eigenvalue weighted by Gasteiger charge is 2.34. The maximum Gasteiger partial charge on any atom is 0.230 e. The van der Waals surface area contributed by atoms with Gasteiger partial charge in [0.1, 0.15) is 80.5 Å². The van der Waals surface area contributed by atoms with Crippen molar-refractivity contribution in [2.45, 2.75) is 93.4 Å².